The van der Waals surface area contributed by atoms with Gasteiger partial charge in [0.2, 0.25) is 0 Å². The van der Waals surface area contributed by atoms with E-state index in [1.807, 2.05) is 12.1 Å². The normalized spacial score (nSPS) is 20.9. The molecule has 1 heterocycles. The Morgan fingerprint density at radius 1 is 1.14 bits per heavy atom. The summed E-state index contributed by atoms with van der Waals surface area (Å²) < 4.78 is 12.1. The maximum absolute atomic E-state index is 6.07. The minimum atomic E-state index is -0.346. The summed E-state index contributed by atoms with van der Waals surface area (Å²) in [6.07, 6.45) is 2.08. The predicted octanol–water partition coefficient (Wildman–Crippen LogP) is 3.09. The smallest absolute Gasteiger partial charge is 0.400 e. The van der Waals surface area contributed by atoms with E-state index in [0.717, 1.165) is 16.6 Å². The Bertz CT molecular complexity index is 510. The van der Waals surface area contributed by atoms with E-state index in [9.17, 15) is 0 Å². The van der Waals surface area contributed by atoms with Gasteiger partial charge >= 0.3 is 7.12 Å². The molecule has 2 N–H and O–H groups in total. The van der Waals surface area contributed by atoms with Crippen LogP contribution in [0.2, 0.25) is 0 Å². The number of nitrogens with two attached hydrogens (primary N) is 1. The van der Waals surface area contributed by atoms with Crippen molar-refractivity contribution < 1.29 is 9.31 Å². The first-order valence-electron chi connectivity index (χ1n) is 7.25. The zero-order valence-corrected chi connectivity index (χ0v) is 14.1. The van der Waals surface area contributed by atoms with Crippen molar-refractivity contribution in [2.45, 2.75) is 45.4 Å². The van der Waals surface area contributed by atoms with Crippen LogP contribution in [0.15, 0.2) is 29.7 Å². The molecular weight excluding hydrogens is 281 g/mol. The molecule has 0 amide bonds. The molecule has 0 saturated carbocycles. The van der Waals surface area contributed by atoms with Gasteiger partial charge in [-0.2, -0.15) is 12.6 Å². The Balaban J connectivity index is 2.22. The Labute approximate surface area is 133 Å². The second-order valence-corrected chi connectivity index (χ2v) is 6.73. The van der Waals surface area contributed by atoms with Crippen molar-refractivity contribution >= 4 is 25.8 Å². The number of rotatable bonds is 4. The average molecular weight is 305 g/mol. The molecule has 0 spiro atoms. The number of hydrogen-bond acceptors (Lipinski definition) is 4. The molecule has 1 aromatic carbocycles. The zero-order chi connectivity index (χ0) is 15.7. The number of hydrogen-bond donors (Lipinski definition) is 2. The molecule has 1 aromatic rings. The SMILES string of the molecule is CC1(C)OB(C(=Cc2ccc(CN)cc2)CS)OC1(C)C. The molecule has 1 fully saturated rings. The van der Waals surface area contributed by atoms with Gasteiger partial charge < -0.3 is 15.0 Å². The molecule has 21 heavy (non-hydrogen) atoms. The lowest BCUT2D eigenvalue weighted by atomic mass is 9.78. The summed E-state index contributed by atoms with van der Waals surface area (Å²) in [7, 11) is -0.346. The summed E-state index contributed by atoms with van der Waals surface area (Å²) in [6.45, 7) is 8.78. The van der Waals surface area contributed by atoms with Gasteiger partial charge in [0.25, 0.3) is 0 Å². The summed E-state index contributed by atoms with van der Waals surface area (Å²) in [6, 6.07) is 8.17. The average Bonchev–Trinajstić information content (AvgIpc) is 2.65. The molecule has 5 heteroatoms. The van der Waals surface area contributed by atoms with Crippen molar-refractivity contribution in [1.29, 1.82) is 0 Å². The summed E-state index contributed by atoms with van der Waals surface area (Å²) in [5.41, 5.74) is 8.21. The summed E-state index contributed by atoms with van der Waals surface area (Å²) in [5.74, 6) is 0.593. The van der Waals surface area contributed by atoms with Crippen LogP contribution < -0.4 is 5.73 Å². The maximum Gasteiger partial charge on any atom is 0.491 e. The maximum atomic E-state index is 6.07. The van der Waals surface area contributed by atoms with Crippen molar-refractivity contribution in [3.63, 3.8) is 0 Å². The van der Waals surface area contributed by atoms with Crippen molar-refractivity contribution in [1.82, 2.24) is 0 Å². The zero-order valence-electron chi connectivity index (χ0n) is 13.2. The monoisotopic (exact) mass is 305 g/mol. The van der Waals surface area contributed by atoms with Crippen LogP contribution in [0, 0.1) is 0 Å². The highest BCUT2D eigenvalue weighted by Gasteiger charge is 2.52. The van der Waals surface area contributed by atoms with Gasteiger partial charge in [0.15, 0.2) is 0 Å². The third-order valence-electron chi connectivity index (χ3n) is 4.31. The van der Waals surface area contributed by atoms with E-state index >= 15 is 0 Å². The van der Waals surface area contributed by atoms with Crippen molar-refractivity contribution in [3.05, 3.63) is 40.9 Å². The van der Waals surface area contributed by atoms with Crippen molar-refractivity contribution in [3.8, 4) is 0 Å². The first-order valence-corrected chi connectivity index (χ1v) is 7.88. The second-order valence-electron chi connectivity index (χ2n) is 6.41. The van der Waals surface area contributed by atoms with Crippen LogP contribution in [0.4, 0.5) is 0 Å². The third kappa shape index (κ3) is 3.54. The Morgan fingerprint density at radius 2 is 1.67 bits per heavy atom. The minimum absolute atomic E-state index is 0.330. The quantitative estimate of drug-likeness (QED) is 0.664. The van der Waals surface area contributed by atoms with Crippen LogP contribution in [-0.2, 0) is 15.9 Å². The molecule has 114 valence electrons. The predicted molar refractivity (Wildman–Crippen MR) is 92.2 cm³/mol. The highest BCUT2D eigenvalue weighted by atomic mass is 32.1. The Kier molecular flexibility index (Phi) is 4.88. The van der Waals surface area contributed by atoms with E-state index in [1.54, 1.807) is 0 Å². The van der Waals surface area contributed by atoms with Gasteiger partial charge in [0, 0.05) is 12.3 Å². The first-order chi connectivity index (χ1) is 9.79. The number of thiol groups is 1. The lowest BCUT2D eigenvalue weighted by Crippen LogP contribution is -2.41. The van der Waals surface area contributed by atoms with Crippen molar-refractivity contribution in [2.75, 3.05) is 5.75 Å². The van der Waals surface area contributed by atoms with E-state index in [1.165, 1.54) is 0 Å². The topological polar surface area (TPSA) is 44.5 Å². The van der Waals surface area contributed by atoms with Crippen LogP contribution in [-0.4, -0.2) is 24.1 Å². The largest absolute Gasteiger partial charge is 0.491 e. The standard InChI is InChI=1S/C16H24BNO2S/c1-15(2)16(3,4)20-17(19-15)14(11-21)9-12-5-7-13(10-18)8-6-12/h5-9,21H,10-11,18H2,1-4H3. The molecule has 0 bridgehead atoms. The van der Waals surface area contributed by atoms with E-state index < -0.39 is 0 Å². The van der Waals surface area contributed by atoms with Crippen LogP contribution in [0.1, 0.15) is 38.8 Å². The molecular formula is C16H24BNO2S. The molecule has 1 aliphatic rings. The Morgan fingerprint density at radius 3 is 2.10 bits per heavy atom. The van der Waals surface area contributed by atoms with Gasteiger partial charge in [0.05, 0.1) is 11.2 Å². The van der Waals surface area contributed by atoms with Gasteiger partial charge in [-0.1, -0.05) is 30.3 Å². The van der Waals surface area contributed by atoms with E-state index in [2.05, 4.69) is 58.5 Å². The second kappa shape index (κ2) is 6.17. The lowest BCUT2D eigenvalue weighted by molar-refractivity contribution is 0.00578. The molecule has 1 aliphatic heterocycles. The fourth-order valence-electron chi connectivity index (χ4n) is 2.15. The van der Waals surface area contributed by atoms with E-state index in [-0.39, 0.29) is 18.3 Å². The molecule has 0 radical (unpaired) electrons. The summed E-state index contributed by atoms with van der Waals surface area (Å²) in [5, 5.41) is 0. The summed E-state index contributed by atoms with van der Waals surface area (Å²) >= 11 is 4.42. The third-order valence-corrected chi connectivity index (χ3v) is 4.67. The molecule has 0 unspecified atom stereocenters. The van der Waals surface area contributed by atoms with Crippen molar-refractivity contribution in [2.24, 2.45) is 5.73 Å². The van der Waals surface area contributed by atoms with Crippen LogP contribution in [0.25, 0.3) is 6.08 Å². The van der Waals surface area contributed by atoms with E-state index in [4.69, 9.17) is 15.0 Å². The lowest BCUT2D eigenvalue weighted by Gasteiger charge is -2.32. The van der Waals surface area contributed by atoms with Gasteiger partial charge in [-0.25, -0.2) is 0 Å². The Hall–Kier alpha value is -0.745. The van der Waals surface area contributed by atoms with Crippen LogP contribution in [0.3, 0.4) is 0 Å². The van der Waals surface area contributed by atoms with Gasteiger partial charge in [-0.3, -0.25) is 0 Å². The first kappa shape index (κ1) is 16.6. The van der Waals surface area contributed by atoms with Gasteiger partial charge in [-0.05, 0) is 44.3 Å². The van der Waals surface area contributed by atoms with E-state index in [0.29, 0.717) is 12.3 Å². The highest BCUT2D eigenvalue weighted by Crippen LogP contribution is 2.38. The van der Waals surface area contributed by atoms with Crippen LogP contribution in [0.5, 0.6) is 0 Å². The van der Waals surface area contributed by atoms with Crippen LogP contribution >= 0.6 is 12.6 Å². The minimum Gasteiger partial charge on any atom is -0.400 e. The molecule has 2 rings (SSSR count). The molecule has 1 saturated heterocycles. The molecule has 0 aromatic heterocycles. The molecule has 0 aliphatic carbocycles. The van der Waals surface area contributed by atoms with Gasteiger partial charge in [-0.15, -0.1) is 0 Å². The highest BCUT2D eigenvalue weighted by molar-refractivity contribution is 7.80. The van der Waals surface area contributed by atoms with Gasteiger partial charge in [0.1, 0.15) is 0 Å². The summed E-state index contributed by atoms with van der Waals surface area (Å²) in [4.78, 5) is 0. The molecule has 3 nitrogen and oxygen atoms in total. The fourth-order valence-corrected chi connectivity index (χ4v) is 2.39. The fraction of sp³-hybridized carbons (Fsp3) is 0.500. The molecule has 0 atom stereocenters. The number of benzene rings is 1.